The molecule has 0 bridgehead atoms. The van der Waals surface area contributed by atoms with Crippen molar-refractivity contribution in [2.45, 2.75) is 19.9 Å². The maximum Gasteiger partial charge on any atom is 0.259 e. The lowest BCUT2D eigenvalue weighted by Gasteiger charge is -2.20. The van der Waals surface area contributed by atoms with E-state index in [1.54, 1.807) is 0 Å². The molecule has 1 rings (SSSR count). The molecule has 1 aromatic rings. The van der Waals surface area contributed by atoms with Gasteiger partial charge in [0.15, 0.2) is 0 Å². The van der Waals surface area contributed by atoms with Crippen molar-refractivity contribution >= 4 is 5.91 Å². The lowest BCUT2D eigenvalue weighted by atomic mass is 10.0. The molecule has 5 N–H and O–H groups in total. The smallest absolute Gasteiger partial charge is 0.259 e. The van der Waals surface area contributed by atoms with Crippen molar-refractivity contribution in [3.63, 3.8) is 0 Å². The molecule has 0 aliphatic heterocycles. The Morgan fingerprint density at radius 1 is 1.35 bits per heavy atom. The second-order valence-corrected chi connectivity index (χ2v) is 4.15. The van der Waals surface area contributed by atoms with Crippen molar-refractivity contribution in [3.05, 3.63) is 23.8 Å². The van der Waals surface area contributed by atoms with Gasteiger partial charge in [-0.15, -0.1) is 0 Å². The van der Waals surface area contributed by atoms with Gasteiger partial charge in [0.2, 0.25) is 0 Å². The van der Waals surface area contributed by atoms with Crippen molar-refractivity contribution in [3.8, 4) is 11.5 Å². The molecule has 0 heterocycles. The number of carbonyl (C=O) groups is 1. The average Bonchev–Trinajstić information content (AvgIpc) is 2.27. The molecule has 0 saturated carbocycles. The van der Waals surface area contributed by atoms with E-state index in [0.29, 0.717) is 6.54 Å². The highest BCUT2D eigenvalue weighted by atomic mass is 16.3. The first-order chi connectivity index (χ1) is 7.97. The summed E-state index contributed by atoms with van der Waals surface area (Å²) < 4.78 is 0. The van der Waals surface area contributed by atoms with E-state index < -0.39 is 5.91 Å². The summed E-state index contributed by atoms with van der Waals surface area (Å²) in [5.41, 5.74) is 5.39. The van der Waals surface area contributed by atoms with Gasteiger partial charge in [-0.3, -0.25) is 4.79 Å². The van der Waals surface area contributed by atoms with Gasteiger partial charge >= 0.3 is 0 Å². The van der Waals surface area contributed by atoms with Crippen LogP contribution in [0.4, 0.5) is 0 Å². The summed E-state index contributed by atoms with van der Waals surface area (Å²) in [6, 6.07) is 4.04. The number of phenolic OH excluding ortho intramolecular Hbond substituents is 2. The Bertz CT molecular complexity index is 386. The molecule has 5 nitrogen and oxygen atoms in total. The van der Waals surface area contributed by atoms with Crippen LogP contribution in [-0.2, 0) is 0 Å². The topological polar surface area (TPSA) is 95.6 Å². The number of rotatable bonds is 4. The highest BCUT2D eigenvalue weighted by Gasteiger charge is 2.19. The zero-order valence-corrected chi connectivity index (χ0v) is 9.97. The number of hydrogen-bond acceptors (Lipinski definition) is 4. The Balaban J connectivity index is 2.84. The largest absolute Gasteiger partial charge is 0.507 e. The molecule has 0 aliphatic carbocycles. The van der Waals surface area contributed by atoms with E-state index in [-0.39, 0.29) is 29.0 Å². The third kappa shape index (κ3) is 3.10. The normalized spacial score (nSPS) is 14.1. The summed E-state index contributed by atoms with van der Waals surface area (Å²) in [4.78, 5) is 11.8. The van der Waals surface area contributed by atoms with Crippen molar-refractivity contribution < 1.29 is 15.0 Å². The van der Waals surface area contributed by atoms with Gasteiger partial charge in [-0.1, -0.05) is 13.0 Å². The SMILES string of the molecule is CC(CN)C(C)NC(=O)c1c(O)cccc1O. The monoisotopic (exact) mass is 238 g/mol. The van der Waals surface area contributed by atoms with Crippen molar-refractivity contribution in [2.75, 3.05) is 6.54 Å². The molecule has 0 saturated heterocycles. The number of nitrogens with one attached hydrogen (secondary N) is 1. The summed E-state index contributed by atoms with van der Waals surface area (Å²) in [7, 11) is 0. The van der Waals surface area contributed by atoms with Gasteiger partial charge in [-0.2, -0.15) is 0 Å². The predicted molar refractivity (Wildman–Crippen MR) is 64.9 cm³/mol. The van der Waals surface area contributed by atoms with Gasteiger partial charge < -0.3 is 21.3 Å². The third-order valence-electron chi connectivity index (χ3n) is 2.83. The van der Waals surface area contributed by atoms with Crippen LogP contribution in [0.5, 0.6) is 11.5 Å². The molecular formula is C12H18N2O3. The van der Waals surface area contributed by atoms with Crippen molar-refractivity contribution in [2.24, 2.45) is 11.7 Å². The lowest BCUT2D eigenvalue weighted by molar-refractivity contribution is 0.0924. The van der Waals surface area contributed by atoms with E-state index in [0.717, 1.165) is 0 Å². The molecular weight excluding hydrogens is 220 g/mol. The van der Waals surface area contributed by atoms with E-state index in [4.69, 9.17) is 5.73 Å². The van der Waals surface area contributed by atoms with Crippen LogP contribution < -0.4 is 11.1 Å². The van der Waals surface area contributed by atoms with Crippen LogP contribution in [0.25, 0.3) is 0 Å². The molecule has 0 radical (unpaired) electrons. The molecule has 5 heteroatoms. The standard InChI is InChI=1S/C12H18N2O3/c1-7(6-13)8(2)14-12(17)11-9(15)4-3-5-10(11)16/h3-5,7-8,15-16H,6,13H2,1-2H3,(H,14,17). The lowest BCUT2D eigenvalue weighted by Crippen LogP contribution is -2.39. The highest BCUT2D eigenvalue weighted by Crippen LogP contribution is 2.26. The van der Waals surface area contributed by atoms with Crippen LogP contribution in [0.15, 0.2) is 18.2 Å². The maximum absolute atomic E-state index is 11.8. The number of nitrogens with two attached hydrogens (primary N) is 1. The van der Waals surface area contributed by atoms with Crippen LogP contribution in [0.2, 0.25) is 0 Å². The van der Waals surface area contributed by atoms with E-state index >= 15 is 0 Å². The fraction of sp³-hybridized carbons (Fsp3) is 0.417. The first-order valence-electron chi connectivity index (χ1n) is 5.49. The van der Waals surface area contributed by atoms with E-state index in [1.165, 1.54) is 18.2 Å². The highest BCUT2D eigenvalue weighted by molar-refractivity contribution is 5.99. The van der Waals surface area contributed by atoms with Crippen LogP contribution in [0.3, 0.4) is 0 Å². The maximum atomic E-state index is 11.8. The predicted octanol–water partition coefficient (Wildman–Crippen LogP) is 0.811. The fourth-order valence-electron chi connectivity index (χ4n) is 1.39. The molecule has 0 fully saturated rings. The minimum atomic E-state index is -0.506. The molecule has 0 spiro atoms. The molecule has 1 aromatic carbocycles. The molecule has 2 unspecified atom stereocenters. The van der Waals surface area contributed by atoms with E-state index in [1.807, 2.05) is 13.8 Å². The number of amides is 1. The van der Waals surface area contributed by atoms with Crippen molar-refractivity contribution in [1.29, 1.82) is 0 Å². The first kappa shape index (κ1) is 13.3. The summed E-state index contributed by atoms with van der Waals surface area (Å²) in [5.74, 6) is -0.870. The second-order valence-electron chi connectivity index (χ2n) is 4.15. The van der Waals surface area contributed by atoms with Crippen LogP contribution >= 0.6 is 0 Å². The minimum absolute atomic E-state index is 0.108. The Labute approximate surface area is 100 Å². The summed E-state index contributed by atoms with van der Waals surface area (Å²) in [6.07, 6.45) is 0. The van der Waals surface area contributed by atoms with Crippen LogP contribution in [0, 0.1) is 5.92 Å². The van der Waals surface area contributed by atoms with Crippen molar-refractivity contribution in [1.82, 2.24) is 5.32 Å². The summed E-state index contributed by atoms with van der Waals surface area (Å²) in [5, 5.41) is 21.7. The zero-order chi connectivity index (χ0) is 13.0. The van der Waals surface area contributed by atoms with Gasteiger partial charge in [-0.05, 0) is 31.5 Å². The minimum Gasteiger partial charge on any atom is -0.507 e. The zero-order valence-electron chi connectivity index (χ0n) is 9.97. The number of aromatic hydroxyl groups is 2. The number of carbonyl (C=O) groups excluding carboxylic acids is 1. The number of benzene rings is 1. The molecule has 17 heavy (non-hydrogen) atoms. The molecule has 0 aliphatic rings. The summed E-state index contributed by atoms with van der Waals surface area (Å²) in [6.45, 7) is 4.19. The Morgan fingerprint density at radius 3 is 2.35 bits per heavy atom. The van der Waals surface area contributed by atoms with Gasteiger partial charge in [0.1, 0.15) is 17.1 Å². The average molecular weight is 238 g/mol. The first-order valence-corrected chi connectivity index (χ1v) is 5.49. The molecule has 2 atom stereocenters. The van der Waals surface area contributed by atoms with E-state index in [9.17, 15) is 15.0 Å². The quantitative estimate of drug-likeness (QED) is 0.624. The van der Waals surface area contributed by atoms with Crippen LogP contribution in [-0.4, -0.2) is 28.7 Å². The Hall–Kier alpha value is -1.75. The van der Waals surface area contributed by atoms with Gasteiger partial charge in [0.05, 0.1) is 0 Å². The number of phenols is 2. The Kier molecular flexibility index (Phi) is 4.34. The second kappa shape index (κ2) is 5.54. The van der Waals surface area contributed by atoms with Gasteiger partial charge in [-0.25, -0.2) is 0 Å². The Morgan fingerprint density at radius 2 is 1.88 bits per heavy atom. The third-order valence-corrected chi connectivity index (χ3v) is 2.83. The van der Waals surface area contributed by atoms with Crippen LogP contribution in [0.1, 0.15) is 24.2 Å². The fourth-order valence-corrected chi connectivity index (χ4v) is 1.39. The molecule has 0 aromatic heterocycles. The molecule has 94 valence electrons. The number of hydrogen-bond donors (Lipinski definition) is 4. The van der Waals surface area contributed by atoms with Gasteiger partial charge in [0.25, 0.3) is 5.91 Å². The molecule has 1 amide bonds. The van der Waals surface area contributed by atoms with E-state index in [2.05, 4.69) is 5.32 Å². The van der Waals surface area contributed by atoms with Gasteiger partial charge in [0, 0.05) is 6.04 Å². The summed E-state index contributed by atoms with van der Waals surface area (Å²) >= 11 is 0.